The van der Waals surface area contributed by atoms with Crippen molar-refractivity contribution in [2.75, 3.05) is 0 Å². The van der Waals surface area contributed by atoms with E-state index in [2.05, 4.69) is 6.92 Å². The second kappa shape index (κ2) is 4.20. The normalized spacial score (nSPS) is 15.3. The lowest BCUT2D eigenvalue weighted by Crippen LogP contribution is -2.41. The van der Waals surface area contributed by atoms with Crippen LogP contribution < -0.4 is 5.73 Å². The molecule has 0 aromatic heterocycles. The van der Waals surface area contributed by atoms with Gasteiger partial charge in [-0.15, -0.1) is 11.6 Å². The first-order chi connectivity index (χ1) is 4.48. The van der Waals surface area contributed by atoms with Gasteiger partial charge in [0.2, 0.25) is 0 Å². The lowest BCUT2D eigenvalue weighted by molar-refractivity contribution is 0.457. The van der Waals surface area contributed by atoms with E-state index < -0.39 is 0 Å². The summed E-state index contributed by atoms with van der Waals surface area (Å²) in [7, 11) is 0. The van der Waals surface area contributed by atoms with E-state index in [-0.39, 0.29) is 10.9 Å². The van der Waals surface area contributed by atoms with Crippen LogP contribution in [0.5, 0.6) is 0 Å². The minimum atomic E-state index is -0.225. The second-order valence-electron chi connectivity index (χ2n) is 3.43. The fraction of sp³-hybridized carbons (Fsp3) is 1.00. The molecule has 1 nitrogen and oxygen atoms in total. The number of rotatable bonds is 4. The summed E-state index contributed by atoms with van der Waals surface area (Å²) in [6.07, 6.45) is 3.40. The van der Waals surface area contributed by atoms with Gasteiger partial charge in [-0.25, -0.2) is 0 Å². The molecule has 0 saturated heterocycles. The topological polar surface area (TPSA) is 26.0 Å². The molecular weight excluding hydrogens is 146 g/mol. The molecule has 0 rings (SSSR count). The van der Waals surface area contributed by atoms with E-state index in [1.54, 1.807) is 0 Å². The van der Waals surface area contributed by atoms with Crippen LogP contribution in [0, 0.1) is 0 Å². The molecule has 0 spiro atoms. The third-order valence-electron chi connectivity index (χ3n) is 1.62. The summed E-state index contributed by atoms with van der Waals surface area (Å²) in [5.74, 6) is 0. The third kappa shape index (κ3) is 4.13. The van der Waals surface area contributed by atoms with Crippen molar-refractivity contribution in [1.82, 2.24) is 0 Å². The minimum absolute atomic E-state index is 0.118. The summed E-state index contributed by atoms with van der Waals surface area (Å²) in [5.41, 5.74) is 5.56. The molecule has 10 heavy (non-hydrogen) atoms. The number of unbranched alkanes of at least 4 members (excludes halogenated alkanes) is 1. The number of halogens is 1. The zero-order chi connectivity index (χ0) is 8.20. The van der Waals surface area contributed by atoms with Crippen molar-refractivity contribution in [2.45, 2.75) is 50.9 Å². The molecule has 0 amide bonds. The maximum Gasteiger partial charge on any atom is 0.0510 e. The highest BCUT2D eigenvalue weighted by Gasteiger charge is 2.21. The highest BCUT2D eigenvalue weighted by molar-refractivity contribution is 6.21. The van der Waals surface area contributed by atoms with E-state index in [1.807, 2.05) is 13.8 Å². The van der Waals surface area contributed by atoms with Gasteiger partial charge in [0, 0.05) is 5.54 Å². The van der Waals surface area contributed by atoms with Gasteiger partial charge in [0.25, 0.3) is 0 Å². The van der Waals surface area contributed by atoms with Crippen LogP contribution in [0.1, 0.15) is 40.0 Å². The van der Waals surface area contributed by atoms with Gasteiger partial charge in [0.05, 0.1) is 5.38 Å². The Kier molecular flexibility index (Phi) is 4.30. The average molecular weight is 164 g/mol. The second-order valence-corrected chi connectivity index (χ2v) is 3.96. The van der Waals surface area contributed by atoms with E-state index >= 15 is 0 Å². The monoisotopic (exact) mass is 163 g/mol. The molecule has 0 bridgehead atoms. The van der Waals surface area contributed by atoms with Crippen molar-refractivity contribution >= 4 is 11.6 Å². The predicted molar refractivity (Wildman–Crippen MR) is 47.4 cm³/mol. The van der Waals surface area contributed by atoms with Gasteiger partial charge >= 0.3 is 0 Å². The van der Waals surface area contributed by atoms with E-state index in [4.69, 9.17) is 17.3 Å². The van der Waals surface area contributed by atoms with Crippen LogP contribution in [0.3, 0.4) is 0 Å². The van der Waals surface area contributed by atoms with Gasteiger partial charge in [-0.1, -0.05) is 19.8 Å². The summed E-state index contributed by atoms with van der Waals surface area (Å²) < 4.78 is 0. The van der Waals surface area contributed by atoms with Gasteiger partial charge in [0.1, 0.15) is 0 Å². The molecule has 0 aromatic carbocycles. The van der Waals surface area contributed by atoms with E-state index in [1.165, 1.54) is 12.8 Å². The Hall–Kier alpha value is 0.250. The molecule has 0 heterocycles. The largest absolute Gasteiger partial charge is 0.324 e. The molecule has 2 N–H and O–H groups in total. The number of alkyl halides is 1. The fourth-order valence-corrected chi connectivity index (χ4v) is 0.910. The zero-order valence-corrected chi connectivity index (χ0v) is 7.91. The van der Waals surface area contributed by atoms with Crippen molar-refractivity contribution < 1.29 is 0 Å². The molecule has 0 aliphatic carbocycles. The highest BCUT2D eigenvalue weighted by Crippen LogP contribution is 2.18. The SMILES string of the molecule is CCCC[C@H](Cl)C(C)(C)N. The van der Waals surface area contributed by atoms with Crippen LogP contribution in [0.4, 0.5) is 0 Å². The van der Waals surface area contributed by atoms with E-state index in [9.17, 15) is 0 Å². The van der Waals surface area contributed by atoms with Crippen LogP contribution in [-0.2, 0) is 0 Å². The number of nitrogens with two attached hydrogens (primary N) is 1. The van der Waals surface area contributed by atoms with Crippen LogP contribution in [-0.4, -0.2) is 10.9 Å². The average Bonchev–Trinajstić information content (AvgIpc) is 1.80. The van der Waals surface area contributed by atoms with Gasteiger partial charge in [-0.05, 0) is 20.3 Å². The molecule has 0 saturated carbocycles. The summed E-state index contributed by atoms with van der Waals surface area (Å²) in [6.45, 7) is 6.10. The first-order valence-corrected chi connectivity index (χ1v) is 4.35. The fourth-order valence-electron chi connectivity index (χ4n) is 0.755. The lowest BCUT2D eigenvalue weighted by atomic mass is 9.98. The first kappa shape index (κ1) is 10.2. The van der Waals surface area contributed by atoms with Crippen molar-refractivity contribution in [1.29, 1.82) is 0 Å². The van der Waals surface area contributed by atoms with Gasteiger partial charge in [0.15, 0.2) is 0 Å². The molecular formula is C8H18ClN. The van der Waals surface area contributed by atoms with E-state index in [0.29, 0.717) is 0 Å². The minimum Gasteiger partial charge on any atom is -0.324 e. The maximum atomic E-state index is 6.01. The quantitative estimate of drug-likeness (QED) is 0.634. The Bertz CT molecular complexity index is 85.7. The summed E-state index contributed by atoms with van der Waals surface area (Å²) in [5, 5.41) is 0.118. The Morgan fingerprint density at radius 3 is 2.30 bits per heavy atom. The van der Waals surface area contributed by atoms with Gasteiger partial charge in [-0.2, -0.15) is 0 Å². The number of hydrogen-bond donors (Lipinski definition) is 1. The maximum absolute atomic E-state index is 6.01. The third-order valence-corrected chi connectivity index (χ3v) is 2.40. The molecule has 0 unspecified atom stereocenters. The molecule has 2 heteroatoms. The van der Waals surface area contributed by atoms with E-state index in [0.717, 1.165) is 6.42 Å². The lowest BCUT2D eigenvalue weighted by Gasteiger charge is -2.24. The van der Waals surface area contributed by atoms with Gasteiger partial charge in [-0.3, -0.25) is 0 Å². The van der Waals surface area contributed by atoms with Crippen molar-refractivity contribution in [3.8, 4) is 0 Å². The van der Waals surface area contributed by atoms with Crippen LogP contribution in [0.2, 0.25) is 0 Å². The summed E-state index contributed by atoms with van der Waals surface area (Å²) in [6, 6.07) is 0. The smallest absolute Gasteiger partial charge is 0.0510 e. The summed E-state index contributed by atoms with van der Waals surface area (Å²) in [4.78, 5) is 0. The van der Waals surface area contributed by atoms with Crippen molar-refractivity contribution in [3.63, 3.8) is 0 Å². The molecule has 0 radical (unpaired) electrons. The molecule has 62 valence electrons. The molecule has 0 fully saturated rings. The molecule has 0 aliphatic heterocycles. The van der Waals surface area contributed by atoms with Crippen molar-refractivity contribution in [2.24, 2.45) is 5.73 Å². The Morgan fingerprint density at radius 1 is 1.50 bits per heavy atom. The molecule has 0 aliphatic rings. The number of hydrogen-bond acceptors (Lipinski definition) is 1. The standard InChI is InChI=1S/C8H18ClN/c1-4-5-6-7(9)8(2,3)10/h7H,4-6,10H2,1-3H3/t7-/m0/s1. The predicted octanol–water partition coefficient (Wildman–Crippen LogP) is 2.52. The van der Waals surface area contributed by atoms with Crippen molar-refractivity contribution in [3.05, 3.63) is 0 Å². The summed E-state index contributed by atoms with van der Waals surface area (Å²) >= 11 is 6.01. The van der Waals surface area contributed by atoms with Crippen LogP contribution in [0.25, 0.3) is 0 Å². The molecule has 1 atom stereocenters. The van der Waals surface area contributed by atoms with Gasteiger partial charge < -0.3 is 5.73 Å². The highest BCUT2D eigenvalue weighted by atomic mass is 35.5. The first-order valence-electron chi connectivity index (χ1n) is 3.91. The van der Waals surface area contributed by atoms with Crippen LogP contribution in [0.15, 0.2) is 0 Å². The molecule has 0 aromatic rings. The van der Waals surface area contributed by atoms with Crippen LogP contribution >= 0.6 is 11.6 Å². The zero-order valence-electron chi connectivity index (χ0n) is 7.15. The Morgan fingerprint density at radius 2 is 2.00 bits per heavy atom. The Balaban J connectivity index is 3.52. The Labute approximate surface area is 68.9 Å².